The highest BCUT2D eigenvalue weighted by molar-refractivity contribution is 5.76. The Hall–Kier alpha value is -1.70. The lowest BCUT2D eigenvalue weighted by atomic mass is 9.97. The van der Waals surface area contributed by atoms with Gasteiger partial charge in [0.1, 0.15) is 0 Å². The van der Waals surface area contributed by atoms with Gasteiger partial charge in [-0.2, -0.15) is 0 Å². The number of rotatable bonds is 4. The summed E-state index contributed by atoms with van der Waals surface area (Å²) in [7, 11) is 0. The van der Waals surface area contributed by atoms with Crippen molar-refractivity contribution in [3.63, 3.8) is 0 Å². The van der Waals surface area contributed by atoms with Crippen molar-refractivity contribution in [1.82, 2.24) is 10.2 Å². The number of hydrogen-bond acceptors (Lipinski definition) is 2. The zero-order valence-corrected chi connectivity index (χ0v) is 10.7. The molecule has 1 fully saturated rings. The van der Waals surface area contributed by atoms with Gasteiger partial charge in [-0.1, -0.05) is 19.3 Å². The predicted molar refractivity (Wildman–Crippen MR) is 68.0 cm³/mol. The number of carbonyl (C=O) groups is 2. The third-order valence-corrected chi connectivity index (χ3v) is 3.21. The Morgan fingerprint density at radius 1 is 1.50 bits per heavy atom. The molecule has 5 heteroatoms. The van der Waals surface area contributed by atoms with Crippen LogP contribution in [-0.2, 0) is 4.79 Å². The first-order valence-corrected chi connectivity index (χ1v) is 6.32. The largest absolute Gasteiger partial charge is 0.481 e. The second kappa shape index (κ2) is 6.90. The lowest BCUT2D eigenvalue weighted by molar-refractivity contribution is -0.143. The zero-order chi connectivity index (χ0) is 13.5. The molecule has 0 radical (unpaired) electrons. The molecule has 1 unspecified atom stereocenters. The van der Waals surface area contributed by atoms with Crippen LogP contribution in [0.2, 0.25) is 0 Å². The fourth-order valence-electron chi connectivity index (χ4n) is 2.06. The maximum Gasteiger partial charge on any atom is 0.318 e. The molecule has 0 aliphatic carbocycles. The summed E-state index contributed by atoms with van der Waals surface area (Å²) in [4.78, 5) is 24.3. The summed E-state index contributed by atoms with van der Waals surface area (Å²) in [5, 5.41) is 11.7. The van der Waals surface area contributed by atoms with Crippen LogP contribution in [0.5, 0.6) is 0 Å². The monoisotopic (exact) mass is 252 g/mol. The fourth-order valence-corrected chi connectivity index (χ4v) is 2.06. The quantitative estimate of drug-likeness (QED) is 0.741. The van der Waals surface area contributed by atoms with Crippen LogP contribution in [0.1, 0.15) is 32.6 Å². The van der Waals surface area contributed by atoms with Crippen LogP contribution in [0.3, 0.4) is 0 Å². The molecule has 0 saturated carbocycles. The van der Waals surface area contributed by atoms with E-state index in [1.807, 2.05) is 6.92 Å². The molecule has 18 heavy (non-hydrogen) atoms. The van der Waals surface area contributed by atoms with Gasteiger partial charge in [0.15, 0.2) is 0 Å². The van der Waals surface area contributed by atoms with Crippen molar-refractivity contribution >= 4 is 12.0 Å². The van der Waals surface area contributed by atoms with E-state index in [0.29, 0.717) is 25.9 Å². The van der Waals surface area contributed by atoms with Crippen molar-refractivity contribution in [2.24, 2.45) is 5.92 Å². The molecule has 0 bridgehead atoms. The highest BCUT2D eigenvalue weighted by atomic mass is 16.4. The molecule has 1 rings (SSSR count). The van der Waals surface area contributed by atoms with Crippen molar-refractivity contribution < 1.29 is 14.7 Å². The SMILES string of the molecule is C#CC(CCC)NC(=O)N1CCC(C(=O)O)CC1. The van der Waals surface area contributed by atoms with Crippen LogP contribution in [0, 0.1) is 18.3 Å². The van der Waals surface area contributed by atoms with Gasteiger partial charge >= 0.3 is 12.0 Å². The summed E-state index contributed by atoms with van der Waals surface area (Å²) in [5.41, 5.74) is 0. The van der Waals surface area contributed by atoms with Gasteiger partial charge in [0, 0.05) is 13.1 Å². The molecule has 1 saturated heterocycles. The van der Waals surface area contributed by atoms with E-state index < -0.39 is 5.97 Å². The number of piperidine rings is 1. The lowest BCUT2D eigenvalue weighted by Gasteiger charge is -2.31. The normalized spacial score (nSPS) is 17.9. The Labute approximate surface area is 108 Å². The number of nitrogens with one attached hydrogen (secondary N) is 1. The maximum absolute atomic E-state index is 11.9. The molecule has 0 aromatic heterocycles. The Balaban J connectivity index is 2.40. The Kier molecular flexibility index (Phi) is 5.50. The average Bonchev–Trinajstić information content (AvgIpc) is 2.38. The summed E-state index contributed by atoms with van der Waals surface area (Å²) in [6.45, 7) is 2.97. The molecule has 1 aliphatic heterocycles. The zero-order valence-electron chi connectivity index (χ0n) is 10.7. The summed E-state index contributed by atoms with van der Waals surface area (Å²) in [6.07, 6.45) is 8.03. The molecule has 0 aromatic carbocycles. The second-order valence-corrected chi connectivity index (χ2v) is 4.56. The van der Waals surface area contributed by atoms with E-state index in [2.05, 4.69) is 11.2 Å². The number of hydrogen-bond donors (Lipinski definition) is 2. The molecule has 1 heterocycles. The first-order valence-electron chi connectivity index (χ1n) is 6.32. The van der Waals surface area contributed by atoms with Crippen LogP contribution in [0.4, 0.5) is 4.79 Å². The van der Waals surface area contributed by atoms with Gasteiger partial charge in [-0.25, -0.2) is 4.79 Å². The van der Waals surface area contributed by atoms with Crippen molar-refractivity contribution in [3.8, 4) is 12.3 Å². The molecule has 5 nitrogen and oxygen atoms in total. The van der Waals surface area contributed by atoms with Gasteiger partial charge in [0.2, 0.25) is 0 Å². The number of carbonyl (C=O) groups excluding carboxylic acids is 1. The predicted octanol–water partition coefficient (Wildman–Crippen LogP) is 1.29. The van der Waals surface area contributed by atoms with Crippen LogP contribution in [0.25, 0.3) is 0 Å². The van der Waals surface area contributed by atoms with E-state index in [1.54, 1.807) is 4.90 Å². The first-order chi connectivity index (χ1) is 8.58. The fraction of sp³-hybridized carbons (Fsp3) is 0.692. The van der Waals surface area contributed by atoms with E-state index in [9.17, 15) is 9.59 Å². The van der Waals surface area contributed by atoms with Gasteiger partial charge < -0.3 is 15.3 Å². The maximum atomic E-state index is 11.9. The summed E-state index contributed by atoms with van der Waals surface area (Å²) in [6, 6.07) is -0.421. The van der Waals surface area contributed by atoms with Gasteiger partial charge in [0.25, 0.3) is 0 Å². The van der Waals surface area contributed by atoms with Crippen molar-refractivity contribution in [3.05, 3.63) is 0 Å². The van der Waals surface area contributed by atoms with Crippen LogP contribution >= 0.6 is 0 Å². The van der Waals surface area contributed by atoms with Crippen molar-refractivity contribution in [2.45, 2.75) is 38.6 Å². The van der Waals surface area contributed by atoms with E-state index >= 15 is 0 Å². The van der Waals surface area contributed by atoms with Crippen molar-refractivity contribution in [1.29, 1.82) is 0 Å². The third kappa shape index (κ3) is 3.95. The van der Waals surface area contributed by atoms with Crippen LogP contribution in [-0.4, -0.2) is 41.1 Å². The molecule has 0 spiro atoms. The highest BCUT2D eigenvalue weighted by Crippen LogP contribution is 2.17. The smallest absolute Gasteiger partial charge is 0.318 e. The minimum absolute atomic E-state index is 0.185. The van der Waals surface area contributed by atoms with Crippen LogP contribution < -0.4 is 5.32 Å². The number of nitrogens with zero attached hydrogens (tertiary/aromatic N) is 1. The number of amides is 2. The summed E-state index contributed by atoms with van der Waals surface area (Å²) < 4.78 is 0. The van der Waals surface area contributed by atoms with Crippen LogP contribution in [0.15, 0.2) is 0 Å². The number of carboxylic acids is 1. The lowest BCUT2D eigenvalue weighted by Crippen LogP contribution is -2.48. The molecular weight excluding hydrogens is 232 g/mol. The highest BCUT2D eigenvalue weighted by Gasteiger charge is 2.27. The molecule has 1 atom stereocenters. The van der Waals surface area contributed by atoms with Gasteiger partial charge in [-0.05, 0) is 19.3 Å². The molecule has 2 amide bonds. The molecule has 1 aliphatic rings. The molecule has 2 N–H and O–H groups in total. The Bertz CT molecular complexity index is 341. The topological polar surface area (TPSA) is 69.6 Å². The number of carboxylic acid groups (broad SMARTS) is 1. The molecule has 0 aromatic rings. The second-order valence-electron chi connectivity index (χ2n) is 4.56. The molecule has 100 valence electrons. The number of aliphatic carboxylic acids is 1. The Morgan fingerprint density at radius 2 is 2.11 bits per heavy atom. The number of likely N-dealkylation sites (tertiary alicyclic amines) is 1. The summed E-state index contributed by atoms with van der Waals surface area (Å²) in [5.74, 6) is 1.45. The van der Waals surface area contributed by atoms with Crippen molar-refractivity contribution in [2.75, 3.05) is 13.1 Å². The standard InChI is InChI=1S/C13H20N2O3/c1-3-5-11(4-2)14-13(18)15-8-6-10(7-9-15)12(16)17/h2,10-11H,3,5-9H2,1H3,(H,14,18)(H,16,17). The van der Waals surface area contributed by atoms with E-state index in [-0.39, 0.29) is 18.0 Å². The number of urea groups is 1. The minimum Gasteiger partial charge on any atom is -0.481 e. The van der Waals surface area contributed by atoms with E-state index in [1.165, 1.54) is 0 Å². The van der Waals surface area contributed by atoms with Gasteiger partial charge in [-0.3, -0.25) is 4.79 Å². The minimum atomic E-state index is -0.775. The van der Waals surface area contributed by atoms with Gasteiger partial charge in [0.05, 0.1) is 12.0 Å². The first kappa shape index (κ1) is 14.4. The Morgan fingerprint density at radius 3 is 2.56 bits per heavy atom. The van der Waals surface area contributed by atoms with E-state index in [4.69, 9.17) is 11.5 Å². The summed E-state index contributed by atoms with van der Waals surface area (Å²) >= 11 is 0. The molecular formula is C13H20N2O3. The third-order valence-electron chi connectivity index (χ3n) is 3.21. The average molecular weight is 252 g/mol. The van der Waals surface area contributed by atoms with E-state index in [0.717, 1.165) is 12.8 Å². The van der Waals surface area contributed by atoms with Gasteiger partial charge in [-0.15, -0.1) is 6.42 Å². The number of terminal acetylenes is 1.